The monoisotopic (exact) mass is 218 g/mol. The van der Waals surface area contributed by atoms with Gasteiger partial charge in [-0.1, -0.05) is 6.07 Å². The van der Waals surface area contributed by atoms with Crippen LogP contribution in [0, 0.1) is 0 Å². The van der Waals surface area contributed by atoms with Crippen molar-refractivity contribution in [1.82, 2.24) is 10.3 Å². The zero-order valence-electron chi connectivity index (χ0n) is 8.38. The highest BCUT2D eigenvalue weighted by molar-refractivity contribution is 5.07. The van der Waals surface area contributed by atoms with Gasteiger partial charge in [0.05, 0.1) is 12.1 Å². The van der Waals surface area contributed by atoms with E-state index in [9.17, 15) is 13.2 Å². The first-order valence-corrected chi connectivity index (χ1v) is 4.70. The van der Waals surface area contributed by atoms with Crippen molar-refractivity contribution >= 4 is 0 Å². The lowest BCUT2D eigenvalue weighted by molar-refractivity contribution is -0.133. The number of aromatic nitrogens is 1. The third kappa shape index (κ3) is 4.78. The van der Waals surface area contributed by atoms with Crippen LogP contribution in [0.1, 0.15) is 25.1 Å². The van der Waals surface area contributed by atoms with Crippen LogP contribution in [-0.4, -0.2) is 17.7 Å². The smallest absolute Gasteiger partial charge is 0.309 e. The molecule has 0 bridgehead atoms. The fourth-order valence-electron chi connectivity index (χ4n) is 1.17. The third-order valence-electron chi connectivity index (χ3n) is 1.99. The zero-order chi connectivity index (χ0) is 11.3. The van der Waals surface area contributed by atoms with Crippen molar-refractivity contribution in [2.75, 3.05) is 6.54 Å². The molecule has 1 heterocycles. The van der Waals surface area contributed by atoms with Crippen molar-refractivity contribution in [2.45, 2.75) is 25.6 Å². The topological polar surface area (TPSA) is 24.9 Å². The third-order valence-corrected chi connectivity index (χ3v) is 1.99. The van der Waals surface area contributed by atoms with E-state index >= 15 is 0 Å². The Labute approximate surface area is 86.5 Å². The summed E-state index contributed by atoms with van der Waals surface area (Å²) in [6.07, 6.45) is -3.29. The molecule has 1 atom stereocenters. The predicted octanol–water partition coefficient (Wildman–Crippen LogP) is 2.68. The maximum Gasteiger partial charge on any atom is 0.390 e. The summed E-state index contributed by atoms with van der Waals surface area (Å²) in [5, 5.41) is 2.77. The largest absolute Gasteiger partial charge is 0.390 e. The number of hydrogen-bond acceptors (Lipinski definition) is 2. The highest BCUT2D eigenvalue weighted by atomic mass is 19.4. The van der Waals surface area contributed by atoms with Gasteiger partial charge in [-0.25, -0.2) is 0 Å². The van der Waals surface area contributed by atoms with E-state index in [1.165, 1.54) is 0 Å². The molecule has 0 spiro atoms. The van der Waals surface area contributed by atoms with E-state index in [0.29, 0.717) is 0 Å². The Morgan fingerprint density at radius 1 is 1.40 bits per heavy atom. The number of nitrogens with zero attached hydrogens (tertiary/aromatic N) is 1. The molecule has 0 fully saturated rings. The van der Waals surface area contributed by atoms with E-state index in [0.717, 1.165) is 5.69 Å². The molecule has 0 radical (unpaired) electrons. The highest BCUT2D eigenvalue weighted by Gasteiger charge is 2.26. The lowest BCUT2D eigenvalue weighted by Gasteiger charge is -2.13. The summed E-state index contributed by atoms with van der Waals surface area (Å²) in [6, 6.07) is 5.20. The first kappa shape index (κ1) is 12.0. The fraction of sp³-hybridized carbons (Fsp3) is 0.500. The van der Waals surface area contributed by atoms with E-state index in [-0.39, 0.29) is 12.6 Å². The molecule has 5 heteroatoms. The lowest BCUT2D eigenvalue weighted by Crippen LogP contribution is -2.24. The lowest BCUT2D eigenvalue weighted by atomic mass is 10.2. The number of pyridine rings is 1. The minimum atomic E-state index is -4.10. The van der Waals surface area contributed by atoms with Crippen molar-refractivity contribution in [1.29, 1.82) is 0 Å². The zero-order valence-corrected chi connectivity index (χ0v) is 8.38. The number of rotatable bonds is 4. The highest BCUT2D eigenvalue weighted by Crippen LogP contribution is 2.19. The molecule has 1 N–H and O–H groups in total. The van der Waals surface area contributed by atoms with Crippen LogP contribution in [0.5, 0.6) is 0 Å². The van der Waals surface area contributed by atoms with Gasteiger partial charge in [0, 0.05) is 18.8 Å². The molecule has 0 aliphatic rings. The Bertz CT molecular complexity index is 284. The van der Waals surface area contributed by atoms with Gasteiger partial charge in [-0.05, 0) is 19.1 Å². The molecule has 0 aliphatic heterocycles. The van der Waals surface area contributed by atoms with E-state index in [2.05, 4.69) is 10.3 Å². The minimum Gasteiger partial charge on any atom is -0.309 e. The molecular weight excluding hydrogens is 205 g/mol. The van der Waals surface area contributed by atoms with Gasteiger partial charge in [-0.3, -0.25) is 4.98 Å². The van der Waals surface area contributed by atoms with Gasteiger partial charge in [0.1, 0.15) is 0 Å². The van der Waals surface area contributed by atoms with E-state index < -0.39 is 12.6 Å². The Morgan fingerprint density at radius 2 is 2.13 bits per heavy atom. The molecule has 0 aliphatic carbocycles. The molecule has 1 unspecified atom stereocenters. The summed E-state index contributed by atoms with van der Waals surface area (Å²) in [6.45, 7) is 1.71. The number of hydrogen-bond donors (Lipinski definition) is 1. The second-order valence-corrected chi connectivity index (χ2v) is 3.30. The molecule has 1 aromatic rings. The van der Waals surface area contributed by atoms with E-state index in [4.69, 9.17) is 0 Å². The number of halogens is 3. The Balaban J connectivity index is 2.34. The van der Waals surface area contributed by atoms with Crippen molar-refractivity contribution in [3.63, 3.8) is 0 Å². The molecule has 0 amide bonds. The minimum absolute atomic E-state index is 0.0821. The normalized spacial score (nSPS) is 13.9. The fourth-order valence-corrected chi connectivity index (χ4v) is 1.17. The first-order chi connectivity index (χ1) is 6.99. The predicted molar refractivity (Wildman–Crippen MR) is 51.3 cm³/mol. The summed E-state index contributed by atoms with van der Waals surface area (Å²) in [4.78, 5) is 4.05. The average molecular weight is 218 g/mol. The SMILES string of the molecule is CC(NCCC(F)(F)F)c1ccccn1. The Kier molecular flexibility index (Phi) is 4.08. The van der Waals surface area contributed by atoms with Gasteiger partial charge in [0.15, 0.2) is 0 Å². The van der Waals surface area contributed by atoms with E-state index in [1.807, 2.05) is 6.07 Å². The number of nitrogens with one attached hydrogen (secondary N) is 1. The van der Waals surface area contributed by atoms with Gasteiger partial charge in [-0.15, -0.1) is 0 Å². The summed E-state index contributed by atoms with van der Waals surface area (Å²) in [5.74, 6) is 0. The molecular formula is C10H13F3N2. The summed E-state index contributed by atoms with van der Waals surface area (Å²) in [5.41, 5.74) is 0.750. The van der Waals surface area contributed by atoms with Gasteiger partial charge in [0.2, 0.25) is 0 Å². The Morgan fingerprint density at radius 3 is 2.67 bits per heavy atom. The standard InChI is InChI=1S/C10H13F3N2/c1-8(9-4-2-3-6-15-9)14-7-5-10(11,12)13/h2-4,6,8,14H,5,7H2,1H3. The van der Waals surface area contributed by atoms with Crippen LogP contribution >= 0.6 is 0 Å². The second-order valence-electron chi connectivity index (χ2n) is 3.30. The Hall–Kier alpha value is -1.10. The molecule has 2 nitrogen and oxygen atoms in total. The van der Waals surface area contributed by atoms with Gasteiger partial charge in [-0.2, -0.15) is 13.2 Å². The van der Waals surface area contributed by atoms with Gasteiger partial charge in [0.25, 0.3) is 0 Å². The van der Waals surface area contributed by atoms with Crippen LogP contribution in [0.25, 0.3) is 0 Å². The number of alkyl halides is 3. The molecule has 0 saturated carbocycles. The van der Waals surface area contributed by atoms with Crippen LogP contribution in [0.2, 0.25) is 0 Å². The quantitative estimate of drug-likeness (QED) is 0.840. The van der Waals surface area contributed by atoms with Crippen molar-refractivity contribution < 1.29 is 13.2 Å². The molecule has 0 saturated heterocycles. The molecule has 1 rings (SSSR count). The molecule has 84 valence electrons. The maximum absolute atomic E-state index is 11.9. The van der Waals surface area contributed by atoms with Crippen LogP contribution in [-0.2, 0) is 0 Å². The summed E-state index contributed by atoms with van der Waals surface area (Å²) in [7, 11) is 0. The van der Waals surface area contributed by atoms with Crippen molar-refractivity contribution in [3.05, 3.63) is 30.1 Å². The van der Waals surface area contributed by atoms with Crippen LogP contribution in [0.4, 0.5) is 13.2 Å². The van der Waals surface area contributed by atoms with Crippen LogP contribution in [0.15, 0.2) is 24.4 Å². The van der Waals surface area contributed by atoms with Crippen molar-refractivity contribution in [3.8, 4) is 0 Å². The van der Waals surface area contributed by atoms with Gasteiger partial charge < -0.3 is 5.32 Å². The average Bonchev–Trinajstić information content (AvgIpc) is 2.17. The maximum atomic E-state index is 11.9. The van der Waals surface area contributed by atoms with Gasteiger partial charge >= 0.3 is 6.18 Å². The molecule has 0 aromatic carbocycles. The van der Waals surface area contributed by atoms with Crippen molar-refractivity contribution in [2.24, 2.45) is 0 Å². The van der Waals surface area contributed by atoms with Crippen LogP contribution in [0.3, 0.4) is 0 Å². The molecule has 15 heavy (non-hydrogen) atoms. The molecule has 1 aromatic heterocycles. The summed E-state index contributed by atoms with van der Waals surface area (Å²) >= 11 is 0. The van der Waals surface area contributed by atoms with E-state index in [1.54, 1.807) is 25.3 Å². The van der Waals surface area contributed by atoms with Crippen LogP contribution < -0.4 is 5.32 Å². The first-order valence-electron chi connectivity index (χ1n) is 4.70. The summed E-state index contributed by atoms with van der Waals surface area (Å²) < 4.78 is 35.6. The second kappa shape index (κ2) is 5.11.